The van der Waals surface area contributed by atoms with E-state index in [2.05, 4.69) is 9.97 Å². The van der Waals surface area contributed by atoms with Crippen molar-refractivity contribution in [2.45, 2.75) is 43.7 Å². The number of rotatable bonds is 2. The highest BCUT2D eigenvalue weighted by Crippen LogP contribution is 2.25. The highest BCUT2D eigenvalue weighted by atomic mass is 32.2. The highest BCUT2D eigenvalue weighted by Gasteiger charge is 2.29. The van der Waals surface area contributed by atoms with E-state index in [4.69, 9.17) is 0 Å². The van der Waals surface area contributed by atoms with Crippen molar-refractivity contribution in [3.05, 3.63) is 21.7 Å². The Labute approximate surface area is 128 Å². The van der Waals surface area contributed by atoms with Gasteiger partial charge in [-0.15, -0.1) is 11.8 Å². The number of likely N-dealkylation sites (tertiary alicyclic amines) is 1. The number of thioether (sulfide) groups is 1. The predicted molar refractivity (Wildman–Crippen MR) is 81.8 cm³/mol. The number of amides is 1. The van der Waals surface area contributed by atoms with Crippen LogP contribution < -0.4 is 5.69 Å². The second-order valence-electron chi connectivity index (χ2n) is 5.69. The van der Waals surface area contributed by atoms with Gasteiger partial charge in [-0.05, 0) is 39.4 Å². The van der Waals surface area contributed by atoms with Crippen LogP contribution in [0.5, 0.6) is 0 Å². The summed E-state index contributed by atoms with van der Waals surface area (Å²) in [6.45, 7) is 4.64. The van der Waals surface area contributed by atoms with Crippen molar-refractivity contribution in [2.75, 3.05) is 19.3 Å². The van der Waals surface area contributed by atoms with Gasteiger partial charge in [0.25, 0.3) is 5.91 Å². The molecule has 2 rings (SSSR count). The van der Waals surface area contributed by atoms with Crippen molar-refractivity contribution in [2.24, 2.45) is 0 Å². The quantitative estimate of drug-likeness (QED) is 0.632. The van der Waals surface area contributed by atoms with E-state index in [1.807, 2.05) is 0 Å². The SMILES string of the molecule is CSc1nc(=O)[nH]c(C)c1C(=O)N1CCCC(C)(O)CC1. The van der Waals surface area contributed by atoms with Crippen molar-refractivity contribution in [3.63, 3.8) is 0 Å². The topological polar surface area (TPSA) is 86.3 Å². The molecule has 1 aromatic heterocycles. The van der Waals surface area contributed by atoms with Gasteiger partial charge < -0.3 is 15.0 Å². The van der Waals surface area contributed by atoms with Crippen molar-refractivity contribution < 1.29 is 9.90 Å². The molecule has 1 fully saturated rings. The first-order valence-corrected chi connectivity index (χ1v) is 8.23. The van der Waals surface area contributed by atoms with Gasteiger partial charge in [0.1, 0.15) is 5.03 Å². The van der Waals surface area contributed by atoms with Gasteiger partial charge >= 0.3 is 5.69 Å². The van der Waals surface area contributed by atoms with Crippen LogP contribution >= 0.6 is 11.8 Å². The maximum atomic E-state index is 12.7. The van der Waals surface area contributed by atoms with Gasteiger partial charge in [-0.3, -0.25) is 4.79 Å². The zero-order valence-corrected chi connectivity index (χ0v) is 13.4. The van der Waals surface area contributed by atoms with Crippen LogP contribution in [0.4, 0.5) is 0 Å². The highest BCUT2D eigenvalue weighted by molar-refractivity contribution is 7.98. The summed E-state index contributed by atoms with van der Waals surface area (Å²) in [6.07, 6.45) is 3.81. The molecule has 1 aliphatic heterocycles. The van der Waals surface area contributed by atoms with Crippen molar-refractivity contribution in [1.29, 1.82) is 0 Å². The predicted octanol–water partition coefficient (Wildman–Crippen LogP) is 1.18. The number of hydrogen-bond donors (Lipinski definition) is 2. The van der Waals surface area contributed by atoms with Gasteiger partial charge in [0, 0.05) is 18.8 Å². The number of hydrogen-bond acceptors (Lipinski definition) is 5. The normalized spacial score (nSPS) is 23.0. The van der Waals surface area contributed by atoms with Crippen molar-refractivity contribution in [3.8, 4) is 0 Å². The molecule has 1 unspecified atom stereocenters. The van der Waals surface area contributed by atoms with E-state index in [0.717, 1.165) is 6.42 Å². The Morgan fingerprint density at radius 3 is 2.81 bits per heavy atom. The van der Waals surface area contributed by atoms with E-state index in [0.29, 0.717) is 42.2 Å². The molecule has 1 aromatic rings. The minimum absolute atomic E-state index is 0.127. The number of aromatic nitrogens is 2. The van der Waals surface area contributed by atoms with Gasteiger partial charge in [0.2, 0.25) is 0 Å². The fraction of sp³-hybridized carbons (Fsp3) is 0.643. The summed E-state index contributed by atoms with van der Waals surface area (Å²) in [5.74, 6) is -0.127. The van der Waals surface area contributed by atoms with Crippen LogP contribution in [0, 0.1) is 6.92 Å². The average molecular weight is 311 g/mol. The standard InChI is InChI=1S/C14H21N3O3S/c1-9-10(11(21-3)16-13(19)15-9)12(18)17-7-4-5-14(2,20)6-8-17/h20H,4-8H2,1-3H3,(H,15,16,19). The fourth-order valence-corrected chi connectivity index (χ4v) is 3.20. The summed E-state index contributed by atoms with van der Waals surface area (Å²) in [4.78, 5) is 32.4. The van der Waals surface area contributed by atoms with Crippen molar-refractivity contribution >= 4 is 17.7 Å². The minimum atomic E-state index is -0.713. The number of aromatic amines is 1. The summed E-state index contributed by atoms with van der Waals surface area (Å²) in [6, 6.07) is 0. The molecule has 21 heavy (non-hydrogen) atoms. The first-order chi connectivity index (χ1) is 9.84. The Morgan fingerprint density at radius 2 is 2.14 bits per heavy atom. The van der Waals surface area contributed by atoms with E-state index >= 15 is 0 Å². The number of nitrogens with zero attached hydrogens (tertiary/aromatic N) is 2. The first-order valence-electron chi connectivity index (χ1n) is 7.00. The molecular weight excluding hydrogens is 290 g/mol. The third-order valence-electron chi connectivity index (χ3n) is 3.84. The molecule has 2 heterocycles. The van der Waals surface area contributed by atoms with Gasteiger partial charge in [-0.1, -0.05) is 0 Å². The molecule has 116 valence electrons. The smallest absolute Gasteiger partial charge is 0.346 e. The van der Waals surface area contributed by atoms with Crippen LogP contribution in [0.3, 0.4) is 0 Å². The lowest BCUT2D eigenvalue weighted by atomic mass is 9.98. The van der Waals surface area contributed by atoms with Crippen LogP contribution in [0.25, 0.3) is 0 Å². The molecule has 1 aliphatic rings. The molecule has 0 bridgehead atoms. The second-order valence-corrected chi connectivity index (χ2v) is 6.49. The van der Waals surface area contributed by atoms with E-state index < -0.39 is 11.3 Å². The van der Waals surface area contributed by atoms with E-state index in [-0.39, 0.29) is 5.91 Å². The van der Waals surface area contributed by atoms with Crippen LogP contribution in [0.2, 0.25) is 0 Å². The monoisotopic (exact) mass is 311 g/mol. The van der Waals surface area contributed by atoms with Crippen LogP contribution in [0.15, 0.2) is 9.82 Å². The number of H-pyrrole nitrogens is 1. The minimum Gasteiger partial charge on any atom is -0.390 e. The summed E-state index contributed by atoms with van der Waals surface area (Å²) in [5.41, 5.74) is -0.147. The number of aliphatic hydroxyl groups is 1. The zero-order chi connectivity index (χ0) is 15.6. The first kappa shape index (κ1) is 16.0. The number of carbonyl (C=O) groups excluding carboxylic acids is 1. The fourth-order valence-electron chi connectivity index (χ4n) is 2.58. The Kier molecular flexibility index (Phi) is 4.73. The largest absolute Gasteiger partial charge is 0.390 e. The summed E-state index contributed by atoms with van der Waals surface area (Å²) in [5, 5.41) is 10.6. The Hall–Kier alpha value is -1.34. The molecule has 0 aliphatic carbocycles. The molecule has 0 spiro atoms. The van der Waals surface area contributed by atoms with E-state index in [1.165, 1.54) is 11.8 Å². The van der Waals surface area contributed by atoms with Gasteiger partial charge in [0.15, 0.2) is 0 Å². The molecule has 2 N–H and O–H groups in total. The third-order valence-corrected chi connectivity index (χ3v) is 4.53. The summed E-state index contributed by atoms with van der Waals surface area (Å²) in [7, 11) is 0. The molecule has 6 nitrogen and oxygen atoms in total. The lowest BCUT2D eigenvalue weighted by Gasteiger charge is -2.23. The molecule has 0 radical (unpaired) electrons. The Bertz CT molecular complexity index is 598. The Balaban J connectivity index is 2.30. The van der Waals surface area contributed by atoms with Crippen LogP contribution in [-0.4, -0.2) is 50.8 Å². The van der Waals surface area contributed by atoms with Gasteiger partial charge in [-0.2, -0.15) is 4.98 Å². The summed E-state index contributed by atoms with van der Waals surface area (Å²) < 4.78 is 0. The molecule has 1 amide bonds. The van der Waals surface area contributed by atoms with Crippen molar-refractivity contribution in [1.82, 2.24) is 14.9 Å². The number of carbonyl (C=O) groups is 1. The molecular formula is C14H21N3O3S. The number of aryl methyl sites for hydroxylation is 1. The van der Waals surface area contributed by atoms with E-state index in [9.17, 15) is 14.7 Å². The molecule has 7 heteroatoms. The lowest BCUT2D eigenvalue weighted by Crippen LogP contribution is -2.35. The maximum absolute atomic E-state index is 12.7. The average Bonchev–Trinajstić information content (AvgIpc) is 2.58. The second kappa shape index (κ2) is 6.19. The molecule has 1 saturated heterocycles. The van der Waals surface area contributed by atoms with Gasteiger partial charge in [-0.25, -0.2) is 4.79 Å². The van der Waals surface area contributed by atoms with Gasteiger partial charge in [0.05, 0.1) is 11.2 Å². The zero-order valence-electron chi connectivity index (χ0n) is 12.6. The van der Waals surface area contributed by atoms with Crippen LogP contribution in [0.1, 0.15) is 42.2 Å². The lowest BCUT2D eigenvalue weighted by molar-refractivity contribution is 0.0437. The van der Waals surface area contributed by atoms with E-state index in [1.54, 1.807) is 25.0 Å². The third kappa shape index (κ3) is 3.65. The Morgan fingerprint density at radius 1 is 1.43 bits per heavy atom. The maximum Gasteiger partial charge on any atom is 0.346 e. The number of nitrogens with one attached hydrogen (secondary N) is 1. The summed E-state index contributed by atoms with van der Waals surface area (Å²) >= 11 is 1.29. The molecule has 1 atom stereocenters. The molecule has 0 aromatic carbocycles. The molecule has 0 saturated carbocycles. The van der Waals surface area contributed by atoms with Crippen LogP contribution in [-0.2, 0) is 0 Å².